The van der Waals surface area contributed by atoms with E-state index < -0.39 is 8.25 Å². The highest BCUT2D eigenvalue weighted by Gasteiger charge is 1.89. The zero-order valence-corrected chi connectivity index (χ0v) is 9.08. The number of nitrogens with zero attached hydrogens (tertiary/aromatic N) is 1. The summed E-state index contributed by atoms with van der Waals surface area (Å²) >= 11 is 0. The Balaban J connectivity index is -0.000000142. The Kier molecular flexibility index (Phi) is 20.4. The Morgan fingerprint density at radius 1 is 1.08 bits per heavy atom. The predicted molar refractivity (Wildman–Crippen MR) is 51.9 cm³/mol. The summed E-state index contributed by atoms with van der Waals surface area (Å²) in [5, 5.41) is 0. The van der Waals surface area contributed by atoms with E-state index >= 15 is 0 Å². The Bertz CT molecular complexity index is 89.3. The Labute approximate surface area is 74.9 Å². The van der Waals surface area contributed by atoms with Crippen LogP contribution in [0.25, 0.3) is 0 Å². The van der Waals surface area contributed by atoms with Gasteiger partial charge in [0.05, 0.1) is 0 Å². The standard InChI is InChI=1S/C6H15N.H3N.H3O3P/c1-4-7(5-2)6-3;;1-4(2)3/h4-6H2,1-3H3;1H3;4H,(H2,1,2,3). The molecule has 78 valence electrons. The van der Waals surface area contributed by atoms with Gasteiger partial charge < -0.3 is 20.8 Å². The molecular weight excluding hydrogens is 179 g/mol. The third kappa shape index (κ3) is 22.5. The monoisotopic (exact) mass is 200 g/mol. The van der Waals surface area contributed by atoms with Crippen LogP contribution < -0.4 is 6.15 Å². The Morgan fingerprint density at radius 3 is 1.25 bits per heavy atom. The van der Waals surface area contributed by atoms with Crippen LogP contribution in [0.2, 0.25) is 0 Å². The molecule has 0 atom stereocenters. The van der Waals surface area contributed by atoms with E-state index in [1.165, 1.54) is 19.6 Å². The molecule has 0 saturated heterocycles. The third-order valence-electron chi connectivity index (χ3n) is 1.34. The molecule has 0 aromatic rings. The van der Waals surface area contributed by atoms with Crippen molar-refractivity contribution in [3.63, 3.8) is 0 Å². The molecule has 0 saturated carbocycles. The summed E-state index contributed by atoms with van der Waals surface area (Å²) in [6.45, 7) is 10.1. The summed E-state index contributed by atoms with van der Waals surface area (Å²) in [6, 6.07) is 0. The highest BCUT2D eigenvalue weighted by molar-refractivity contribution is 7.30. The van der Waals surface area contributed by atoms with E-state index in [-0.39, 0.29) is 6.15 Å². The molecule has 12 heavy (non-hydrogen) atoms. The molecule has 0 rings (SSSR count). The normalized spacial score (nSPS) is 8.92. The van der Waals surface area contributed by atoms with E-state index in [2.05, 4.69) is 25.7 Å². The lowest BCUT2D eigenvalue weighted by molar-refractivity contribution is 0.321. The zero-order chi connectivity index (χ0) is 9.28. The molecule has 0 heterocycles. The van der Waals surface area contributed by atoms with E-state index in [0.717, 1.165) is 0 Å². The van der Waals surface area contributed by atoms with Crippen LogP contribution in [-0.4, -0.2) is 34.3 Å². The lowest BCUT2D eigenvalue weighted by atomic mass is 10.5. The molecule has 0 aromatic carbocycles. The molecule has 5 N–H and O–H groups in total. The fourth-order valence-electron chi connectivity index (χ4n) is 0.671. The van der Waals surface area contributed by atoms with Crippen molar-refractivity contribution in [3.05, 3.63) is 0 Å². The number of hydrogen-bond acceptors (Lipinski definition) is 3. The minimum absolute atomic E-state index is 0. The van der Waals surface area contributed by atoms with Gasteiger partial charge in [-0.25, -0.2) is 0 Å². The summed E-state index contributed by atoms with van der Waals surface area (Å²) < 4.78 is 8.74. The second-order valence-electron chi connectivity index (χ2n) is 1.90. The zero-order valence-electron chi connectivity index (χ0n) is 8.08. The van der Waals surface area contributed by atoms with Crippen molar-refractivity contribution < 1.29 is 14.4 Å². The van der Waals surface area contributed by atoms with E-state index in [1.807, 2.05) is 0 Å². The highest BCUT2D eigenvalue weighted by Crippen LogP contribution is 1.98. The van der Waals surface area contributed by atoms with Gasteiger partial charge in [-0.05, 0) is 19.6 Å². The van der Waals surface area contributed by atoms with Crippen LogP contribution in [0.1, 0.15) is 20.8 Å². The lowest BCUT2D eigenvalue weighted by Gasteiger charge is -2.13. The van der Waals surface area contributed by atoms with Crippen molar-refractivity contribution in [3.8, 4) is 0 Å². The molecule has 0 unspecified atom stereocenters. The van der Waals surface area contributed by atoms with Crippen molar-refractivity contribution in [1.29, 1.82) is 0 Å². The van der Waals surface area contributed by atoms with E-state index in [4.69, 9.17) is 14.4 Å². The van der Waals surface area contributed by atoms with Gasteiger partial charge in [0.2, 0.25) is 0 Å². The maximum Gasteiger partial charge on any atom is 0.314 e. The first-order chi connectivity index (χ1) is 5.08. The van der Waals surface area contributed by atoms with Gasteiger partial charge in [-0.15, -0.1) is 0 Å². The summed E-state index contributed by atoms with van der Waals surface area (Å²) in [5.74, 6) is 0. The molecule has 6 heteroatoms. The van der Waals surface area contributed by atoms with Crippen molar-refractivity contribution in [2.24, 2.45) is 0 Å². The molecule has 0 fully saturated rings. The molecule has 0 aromatic heterocycles. The van der Waals surface area contributed by atoms with Gasteiger partial charge in [-0.3, -0.25) is 4.57 Å². The molecular formula is C6H21N2O3P. The van der Waals surface area contributed by atoms with Crippen molar-refractivity contribution >= 4 is 8.25 Å². The molecule has 0 aliphatic carbocycles. The van der Waals surface area contributed by atoms with Crippen LogP contribution in [0.5, 0.6) is 0 Å². The SMILES string of the molecule is CCN(CC)CC.N.O=[PH](O)O. The number of rotatable bonds is 3. The summed E-state index contributed by atoms with van der Waals surface area (Å²) in [4.78, 5) is 16.7. The van der Waals surface area contributed by atoms with Gasteiger partial charge in [0.15, 0.2) is 0 Å². The van der Waals surface area contributed by atoms with E-state index in [0.29, 0.717) is 0 Å². The van der Waals surface area contributed by atoms with Gasteiger partial charge in [0.1, 0.15) is 0 Å². The van der Waals surface area contributed by atoms with Gasteiger partial charge in [-0.2, -0.15) is 0 Å². The molecule has 0 radical (unpaired) electrons. The van der Waals surface area contributed by atoms with Crippen LogP contribution in [0, 0.1) is 0 Å². The lowest BCUT2D eigenvalue weighted by Crippen LogP contribution is -2.21. The van der Waals surface area contributed by atoms with Gasteiger partial charge >= 0.3 is 8.25 Å². The van der Waals surface area contributed by atoms with Crippen molar-refractivity contribution in [2.75, 3.05) is 19.6 Å². The average molecular weight is 200 g/mol. The quantitative estimate of drug-likeness (QED) is 0.587. The van der Waals surface area contributed by atoms with Crippen LogP contribution in [-0.2, 0) is 4.57 Å². The first-order valence-corrected chi connectivity index (χ1v) is 5.02. The smallest absolute Gasteiger partial charge is 0.314 e. The van der Waals surface area contributed by atoms with E-state index in [1.54, 1.807) is 0 Å². The molecule has 0 amide bonds. The first kappa shape index (κ1) is 18.0. The summed E-state index contributed by atoms with van der Waals surface area (Å²) in [5.41, 5.74) is 0. The molecule has 0 spiro atoms. The first-order valence-electron chi connectivity index (χ1n) is 3.72. The average Bonchev–Trinajstić information content (AvgIpc) is 1.90. The maximum absolute atomic E-state index is 8.74. The highest BCUT2D eigenvalue weighted by atomic mass is 31.1. The van der Waals surface area contributed by atoms with Gasteiger partial charge in [0, 0.05) is 0 Å². The maximum atomic E-state index is 8.74. The fourth-order valence-corrected chi connectivity index (χ4v) is 0.671. The van der Waals surface area contributed by atoms with Gasteiger partial charge in [0.25, 0.3) is 0 Å². The van der Waals surface area contributed by atoms with Gasteiger partial charge in [-0.1, -0.05) is 20.8 Å². The van der Waals surface area contributed by atoms with Crippen molar-refractivity contribution in [1.82, 2.24) is 11.1 Å². The van der Waals surface area contributed by atoms with Crippen LogP contribution >= 0.6 is 8.25 Å². The molecule has 5 nitrogen and oxygen atoms in total. The van der Waals surface area contributed by atoms with Crippen LogP contribution in [0.3, 0.4) is 0 Å². The molecule has 0 bridgehead atoms. The van der Waals surface area contributed by atoms with Crippen molar-refractivity contribution in [2.45, 2.75) is 20.8 Å². The topological polar surface area (TPSA) is 95.8 Å². The summed E-state index contributed by atoms with van der Waals surface area (Å²) in [6.07, 6.45) is 0. The fraction of sp³-hybridized carbons (Fsp3) is 1.00. The van der Waals surface area contributed by atoms with Crippen LogP contribution in [0.4, 0.5) is 0 Å². The largest absolute Gasteiger partial charge is 0.344 e. The number of hydrogen-bond donors (Lipinski definition) is 3. The predicted octanol–water partition coefficient (Wildman–Crippen LogP) is 0.871. The molecule has 0 aliphatic heterocycles. The minimum Gasteiger partial charge on any atom is -0.344 e. The van der Waals surface area contributed by atoms with Crippen LogP contribution in [0.15, 0.2) is 0 Å². The Morgan fingerprint density at radius 2 is 1.25 bits per heavy atom. The second kappa shape index (κ2) is 13.6. The Hall–Kier alpha value is 0.0700. The third-order valence-corrected chi connectivity index (χ3v) is 1.34. The van der Waals surface area contributed by atoms with E-state index in [9.17, 15) is 0 Å². The summed E-state index contributed by atoms with van der Waals surface area (Å²) in [7, 11) is -3.13. The molecule has 0 aliphatic rings. The minimum atomic E-state index is -3.13. The second-order valence-corrected chi connectivity index (χ2v) is 2.47.